The quantitative estimate of drug-likeness (QED) is 0.880. The number of hydrogen-bond acceptors (Lipinski definition) is 3. The van der Waals surface area contributed by atoms with Crippen molar-refractivity contribution in [2.24, 2.45) is 5.73 Å². The van der Waals surface area contributed by atoms with E-state index in [2.05, 4.69) is 22.4 Å². The van der Waals surface area contributed by atoms with Gasteiger partial charge in [-0.3, -0.25) is 0 Å². The second-order valence-corrected chi connectivity index (χ2v) is 5.69. The van der Waals surface area contributed by atoms with Gasteiger partial charge in [0.15, 0.2) is 0 Å². The van der Waals surface area contributed by atoms with Crippen LogP contribution in [-0.2, 0) is 19.5 Å². The van der Waals surface area contributed by atoms with Crippen LogP contribution in [0.3, 0.4) is 0 Å². The molecule has 0 atom stereocenters. The molecule has 102 valence electrons. The SMILES string of the molecule is CN(CCc1cccs1)Cc1cccc(CN)c1F. The molecule has 0 aliphatic heterocycles. The maximum Gasteiger partial charge on any atom is 0.132 e. The van der Waals surface area contributed by atoms with Gasteiger partial charge in [0.2, 0.25) is 0 Å². The average molecular weight is 278 g/mol. The highest BCUT2D eigenvalue weighted by Crippen LogP contribution is 2.15. The first-order valence-corrected chi connectivity index (χ1v) is 7.26. The van der Waals surface area contributed by atoms with Gasteiger partial charge in [0, 0.05) is 35.6 Å². The fourth-order valence-corrected chi connectivity index (χ4v) is 2.74. The van der Waals surface area contributed by atoms with Crippen LogP contribution in [0.5, 0.6) is 0 Å². The first-order chi connectivity index (χ1) is 9.20. The summed E-state index contributed by atoms with van der Waals surface area (Å²) in [6.07, 6.45) is 1.01. The molecule has 19 heavy (non-hydrogen) atoms. The minimum atomic E-state index is -0.159. The van der Waals surface area contributed by atoms with Crippen molar-refractivity contribution in [1.29, 1.82) is 0 Å². The van der Waals surface area contributed by atoms with Gasteiger partial charge in [-0.2, -0.15) is 0 Å². The molecule has 0 radical (unpaired) electrons. The molecular formula is C15H19FN2S. The lowest BCUT2D eigenvalue weighted by Crippen LogP contribution is -2.21. The van der Waals surface area contributed by atoms with Crippen molar-refractivity contribution in [2.75, 3.05) is 13.6 Å². The van der Waals surface area contributed by atoms with Crippen molar-refractivity contribution in [3.05, 3.63) is 57.5 Å². The maximum atomic E-state index is 14.0. The van der Waals surface area contributed by atoms with E-state index in [4.69, 9.17) is 5.73 Å². The van der Waals surface area contributed by atoms with Crippen molar-refractivity contribution in [3.8, 4) is 0 Å². The number of nitrogens with zero attached hydrogens (tertiary/aromatic N) is 1. The highest BCUT2D eigenvalue weighted by molar-refractivity contribution is 7.09. The molecular weight excluding hydrogens is 259 g/mol. The summed E-state index contributed by atoms with van der Waals surface area (Å²) in [6.45, 7) is 1.79. The van der Waals surface area contributed by atoms with E-state index in [1.54, 1.807) is 17.4 Å². The third-order valence-corrected chi connectivity index (χ3v) is 4.08. The lowest BCUT2D eigenvalue weighted by molar-refractivity contribution is 0.326. The van der Waals surface area contributed by atoms with E-state index in [0.717, 1.165) is 18.5 Å². The Labute approximate surface area is 117 Å². The Morgan fingerprint density at radius 3 is 2.68 bits per heavy atom. The van der Waals surface area contributed by atoms with Crippen molar-refractivity contribution >= 4 is 11.3 Å². The molecule has 1 aromatic heterocycles. The second-order valence-electron chi connectivity index (χ2n) is 4.66. The summed E-state index contributed by atoms with van der Waals surface area (Å²) >= 11 is 1.76. The van der Waals surface area contributed by atoms with Crippen molar-refractivity contribution < 1.29 is 4.39 Å². The average Bonchev–Trinajstić information content (AvgIpc) is 2.92. The fourth-order valence-electron chi connectivity index (χ4n) is 2.04. The van der Waals surface area contributed by atoms with Crippen LogP contribution in [0.2, 0.25) is 0 Å². The van der Waals surface area contributed by atoms with Crippen LogP contribution in [0.1, 0.15) is 16.0 Å². The Hall–Kier alpha value is -1.23. The number of thiophene rings is 1. The first-order valence-electron chi connectivity index (χ1n) is 6.38. The number of benzene rings is 1. The minimum absolute atomic E-state index is 0.159. The molecule has 1 aromatic carbocycles. The summed E-state index contributed by atoms with van der Waals surface area (Å²) in [7, 11) is 2.02. The molecule has 0 aliphatic carbocycles. The van der Waals surface area contributed by atoms with E-state index in [1.807, 2.05) is 19.2 Å². The van der Waals surface area contributed by atoms with Gasteiger partial charge < -0.3 is 10.6 Å². The van der Waals surface area contributed by atoms with E-state index >= 15 is 0 Å². The van der Waals surface area contributed by atoms with Crippen LogP contribution >= 0.6 is 11.3 Å². The molecule has 1 heterocycles. The third kappa shape index (κ3) is 3.86. The van der Waals surface area contributed by atoms with Gasteiger partial charge in [-0.05, 0) is 24.9 Å². The van der Waals surface area contributed by atoms with Gasteiger partial charge in [-0.25, -0.2) is 4.39 Å². The highest BCUT2D eigenvalue weighted by atomic mass is 32.1. The third-order valence-electron chi connectivity index (χ3n) is 3.14. The van der Waals surface area contributed by atoms with Gasteiger partial charge in [0.1, 0.15) is 5.82 Å². The molecule has 0 amide bonds. The number of likely N-dealkylation sites (N-methyl/N-ethyl adjacent to an activating group) is 1. The van der Waals surface area contributed by atoms with Gasteiger partial charge in [-0.15, -0.1) is 11.3 Å². The van der Waals surface area contributed by atoms with Crippen LogP contribution in [-0.4, -0.2) is 18.5 Å². The molecule has 0 bridgehead atoms. The van der Waals surface area contributed by atoms with Crippen molar-refractivity contribution in [2.45, 2.75) is 19.5 Å². The molecule has 0 aliphatic rings. The zero-order valence-corrected chi connectivity index (χ0v) is 11.9. The largest absolute Gasteiger partial charge is 0.326 e. The van der Waals surface area contributed by atoms with E-state index in [-0.39, 0.29) is 12.4 Å². The summed E-state index contributed by atoms with van der Waals surface area (Å²) in [4.78, 5) is 3.50. The molecule has 0 spiro atoms. The predicted molar refractivity (Wildman–Crippen MR) is 78.6 cm³/mol. The van der Waals surface area contributed by atoms with E-state index in [0.29, 0.717) is 12.1 Å². The number of rotatable bonds is 6. The summed E-state index contributed by atoms with van der Waals surface area (Å²) in [5.41, 5.74) is 6.83. The Balaban J connectivity index is 1.93. The molecule has 2 aromatic rings. The summed E-state index contributed by atoms with van der Waals surface area (Å²) < 4.78 is 14.0. The van der Waals surface area contributed by atoms with Gasteiger partial charge in [-0.1, -0.05) is 24.3 Å². The molecule has 2 rings (SSSR count). The Morgan fingerprint density at radius 2 is 2.00 bits per heavy atom. The second kappa shape index (κ2) is 6.80. The molecule has 0 saturated heterocycles. The minimum Gasteiger partial charge on any atom is -0.326 e. The molecule has 2 N–H and O–H groups in total. The van der Waals surface area contributed by atoms with E-state index in [9.17, 15) is 4.39 Å². The molecule has 2 nitrogen and oxygen atoms in total. The van der Waals surface area contributed by atoms with Gasteiger partial charge in [0.25, 0.3) is 0 Å². The topological polar surface area (TPSA) is 29.3 Å². The van der Waals surface area contributed by atoms with Crippen molar-refractivity contribution in [1.82, 2.24) is 4.90 Å². The molecule has 4 heteroatoms. The zero-order valence-electron chi connectivity index (χ0n) is 11.1. The lowest BCUT2D eigenvalue weighted by Gasteiger charge is -2.17. The van der Waals surface area contributed by atoms with Crippen LogP contribution < -0.4 is 5.73 Å². The van der Waals surface area contributed by atoms with E-state index in [1.165, 1.54) is 4.88 Å². The number of halogens is 1. The monoisotopic (exact) mass is 278 g/mol. The molecule has 0 unspecified atom stereocenters. The van der Waals surface area contributed by atoms with E-state index < -0.39 is 0 Å². The smallest absolute Gasteiger partial charge is 0.132 e. The van der Waals surface area contributed by atoms with Crippen LogP contribution in [0.4, 0.5) is 4.39 Å². The lowest BCUT2D eigenvalue weighted by atomic mass is 10.1. The molecule has 0 saturated carbocycles. The summed E-state index contributed by atoms with van der Waals surface area (Å²) in [5, 5.41) is 2.08. The normalized spacial score (nSPS) is 11.2. The van der Waals surface area contributed by atoms with Gasteiger partial charge >= 0.3 is 0 Å². The predicted octanol–water partition coefficient (Wildman–Crippen LogP) is 3.02. The highest BCUT2D eigenvalue weighted by Gasteiger charge is 2.09. The van der Waals surface area contributed by atoms with Crippen LogP contribution in [0.15, 0.2) is 35.7 Å². The summed E-state index contributed by atoms with van der Waals surface area (Å²) in [6, 6.07) is 9.63. The Bertz CT molecular complexity index is 511. The Kier molecular flexibility index (Phi) is 5.07. The van der Waals surface area contributed by atoms with Crippen LogP contribution in [0, 0.1) is 5.82 Å². The van der Waals surface area contributed by atoms with Gasteiger partial charge in [0.05, 0.1) is 0 Å². The first kappa shape index (κ1) is 14.2. The zero-order chi connectivity index (χ0) is 13.7. The summed E-state index contributed by atoms with van der Waals surface area (Å²) in [5.74, 6) is -0.159. The van der Waals surface area contributed by atoms with Crippen molar-refractivity contribution in [3.63, 3.8) is 0 Å². The molecule has 0 fully saturated rings. The maximum absolute atomic E-state index is 14.0. The fraction of sp³-hybridized carbons (Fsp3) is 0.333. The number of nitrogens with two attached hydrogens (primary N) is 1. The standard InChI is InChI=1S/C15H19FN2S/c1-18(8-7-14-6-3-9-19-14)11-13-5-2-4-12(10-17)15(13)16/h2-6,9H,7-8,10-11,17H2,1H3. The number of hydrogen-bond donors (Lipinski definition) is 1. The Morgan fingerprint density at radius 1 is 1.21 bits per heavy atom. The van der Waals surface area contributed by atoms with Crippen LogP contribution in [0.25, 0.3) is 0 Å².